The first-order valence-electron chi connectivity index (χ1n) is 6.02. The normalized spacial score (nSPS) is 12.2. The van der Waals surface area contributed by atoms with Gasteiger partial charge in [-0.05, 0) is 49.0 Å². The Kier molecular flexibility index (Phi) is 5.33. The minimum atomic E-state index is -0.0725. The lowest BCUT2D eigenvalue weighted by Gasteiger charge is -2.21. The molecule has 20 heavy (non-hydrogen) atoms. The van der Waals surface area contributed by atoms with Gasteiger partial charge in [-0.15, -0.1) is 0 Å². The van der Waals surface area contributed by atoms with Crippen molar-refractivity contribution < 1.29 is 4.74 Å². The Morgan fingerprint density at radius 1 is 1.05 bits per heavy atom. The maximum absolute atomic E-state index is 6.11. The molecule has 0 saturated heterocycles. The standard InChI is InChI=1S/C15H14BrCl2NO/c1-19-15(11-7-9(17)3-5-13(11)16)12-8-10(18)4-6-14(12)20-2/h3-8,15,19H,1-2H3. The highest BCUT2D eigenvalue weighted by atomic mass is 79.9. The number of methoxy groups -OCH3 is 1. The Balaban J connectivity index is 2.57. The molecule has 0 fully saturated rings. The highest BCUT2D eigenvalue weighted by Gasteiger charge is 2.19. The molecule has 0 aliphatic rings. The number of benzene rings is 2. The van der Waals surface area contributed by atoms with E-state index in [1.807, 2.05) is 43.4 Å². The van der Waals surface area contributed by atoms with Gasteiger partial charge in [0.2, 0.25) is 0 Å². The highest BCUT2D eigenvalue weighted by molar-refractivity contribution is 9.10. The summed E-state index contributed by atoms with van der Waals surface area (Å²) in [6.07, 6.45) is 0. The van der Waals surface area contributed by atoms with Gasteiger partial charge in [0.1, 0.15) is 5.75 Å². The lowest BCUT2D eigenvalue weighted by atomic mass is 9.98. The van der Waals surface area contributed by atoms with Gasteiger partial charge >= 0.3 is 0 Å². The number of ether oxygens (including phenoxy) is 1. The molecule has 0 saturated carbocycles. The second kappa shape index (κ2) is 6.81. The lowest BCUT2D eigenvalue weighted by Crippen LogP contribution is -2.19. The SMILES string of the molecule is CNC(c1cc(Cl)ccc1Br)c1cc(Cl)ccc1OC. The molecule has 0 aliphatic heterocycles. The van der Waals surface area contributed by atoms with Gasteiger partial charge in [-0.25, -0.2) is 0 Å². The van der Waals surface area contributed by atoms with Gasteiger partial charge in [-0.3, -0.25) is 0 Å². The first-order valence-corrected chi connectivity index (χ1v) is 7.57. The summed E-state index contributed by atoms with van der Waals surface area (Å²) in [4.78, 5) is 0. The summed E-state index contributed by atoms with van der Waals surface area (Å²) in [7, 11) is 3.53. The minimum Gasteiger partial charge on any atom is -0.496 e. The average Bonchev–Trinajstić information content (AvgIpc) is 2.44. The van der Waals surface area contributed by atoms with Gasteiger partial charge < -0.3 is 10.1 Å². The van der Waals surface area contributed by atoms with Crippen LogP contribution in [0.25, 0.3) is 0 Å². The molecule has 0 spiro atoms. The quantitative estimate of drug-likeness (QED) is 0.806. The molecule has 2 aromatic carbocycles. The minimum absolute atomic E-state index is 0.0725. The van der Waals surface area contributed by atoms with Gasteiger partial charge in [0.15, 0.2) is 0 Å². The van der Waals surface area contributed by atoms with Crippen LogP contribution < -0.4 is 10.1 Å². The predicted octanol–water partition coefficient (Wildman–Crippen LogP) is 5.07. The molecule has 0 aliphatic carbocycles. The Morgan fingerprint density at radius 2 is 1.65 bits per heavy atom. The summed E-state index contributed by atoms with van der Waals surface area (Å²) in [5, 5.41) is 4.63. The fourth-order valence-corrected chi connectivity index (χ4v) is 2.98. The van der Waals surface area contributed by atoms with Gasteiger partial charge in [-0.1, -0.05) is 39.1 Å². The largest absolute Gasteiger partial charge is 0.496 e. The van der Waals surface area contributed by atoms with Crippen LogP contribution >= 0.6 is 39.1 Å². The third-order valence-corrected chi connectivity index (χ3v) is 4.25. The molecule has 0 bridgehead atoms. The van der Waals surface area contributed by atoms with E-state index in [0.717, 1.165) is 21.3 Å². The smallest absolute Gasteiger partial charge is 0.124 e. The third kappa shape index (κ3) is 3.29. The molecule has 2 nitrogen and oxygen atoms in total. The second-order valence-electron chi connectivity index (χ2n) is 4.27. The summed E-state index contributed by atoms with van der Waals surface area (Å²) in [6.45, 7) is 0. The van der Waals surface area contributed by atoms with Gasteiger partial charge in [-0.2, -0.15) is 0 Å². The average molecular weight is 375 g/mol. The van der Waals surface area contributed by atoms with E-state index < -0.39 is 0 Å². The first kappa shape index (κ1) is 15.6. The molecule has 0 amide bonds. The van der Waals surface area contributed by atoms with E-state index in [4.69, 9.17) is 27.9 Å². The van der Waals surface area contributed by atoms with Crippen LogP contribution in [0.4, 0.5) is 0 Å². The van der Waals surface area contributed by atoms with Crippen molar-refractivity contribution in [2.45, 2.75) is 6.04 Å². The zero-order valence-electron chi connectivity index (χ0n) is 11.1. The summed E-state index contributed by atoms with van der Waals surface area (Å²) in [5.74, 6) is 0.778. The van der Waals surface area contributed by atoms with Crippen molar-refractivity contribution in [3.63, 3.8) is 0 Å². The fraction of sp³-hybridized carbons (Fsp3) is 0.200. The first-order chi connectivity index (χ1) is 9.56. The van der Waals surface area contributed by atoms with Crippen LogP contribution in [0.5, 0.6) is 5.75 Å². The lowest BCUT2D eigenvalue weighted by molar-refractivity contribution is 0.405. The summed E-state index contributed by atoms with van der Waals surface area (Å²) in [5.41, 5.74) is 1.99. The topological polar surface area (TPSA) is 21.3 Å². The Bertz CT molecular complexity index is 619. The molecular weight excluding hydrogens is 361 g/mol. The highest BCUT2D eigenvalue weighted by Crippen LogP contribution is 2.36. The maximum atomic E-state index is 6.11. The molecule has 1 unspecified atom stereocenters. The molecule has 0 aromatic heterocycles. The Labute approximate surface area is 137 Å². The van der Waals surface area contributed by atoms with E-state index in [0.29, 0.717) is 10.0 Å². The van der Waals surface area contributed by atoms with E-state index in [1.54, 1.807) is 7.11 Å². The molecule has 0 radical (unpaired) electrons. The van der Waals surface area contributed by atoms with Crippen LogP contribution in [0.3, 0.4) is 0 Å². The van der Waals surface area contributed by atoms with E-state index in [-0.39, 0.29) is 6.04 Å². The molecule has 1 atom stereocenters. The van der Waals surface area contributed by atoms with Crippen molar-refractivity contribution in [1.29, 1.82) is 0 Å². The van der Waals surface area contributed by atoms with Crippen LogP contribution in [0.1, 0.15) is 17.2 Å². The predicted molar refractivity (Wildman–Crippen MR) is 88.1 cm³/mol. The van der Waals surface area contributed by atoms with Crippen molar-refractivity contribution in [3.8, 4) is 5.75 Å². The zero-order valence-corrected chi connectivity index (χ0v) is 14.2. The van der Waals surface area contributed by atoms with E-state index >= 15 is 0 Å². The van der Waals surface area contributed by atoms with Crippen molar-refractivity contribution in [2.24, 2.45) is 0 Å². The monoisotopic (exact) mass is 373 g/mol. The number of nitrogens with one attached hydrogen (secondary N) is 1. The maximum Gasteiger partial charge on any atom is 0.124 e. The Hall–Kier alpha value is -0.740. The second-order valence-corrected chi connectivity index (χ2v) is 6.00. The molecule has 5 heteroatoms. The number of rotatable bonds is 4. The fourth-order valence-electron chi connectivity index (χ4n) is 2.15. The zero-order chi connectivity index (χ0) is 14.7. The molecule has 2 rings (SSSR count). The molecule has 1 N–H and O–H groups in total. The summed E-state index contributed by atoms with van der Waals surface area (Å²) in [6, 6.07) is 11.2. The van der Waals surface area contributed by atoms with Gasteiger partial charge in [0, 0.05) is 20.1 Å². The van der Waals surface area contributed by atoms with E-state index in [1.165, 1.54) is 0 Å². The number of hydrogen-bond donors (Lipinski definition) is 1. The van der Waals surface area contributed by atoms with Gasteiger partial charge in [0.25, 0.3) is 0 Å². The molecule has 106 valence electrons. The van der Waals surface area contributed by atoms with Crippen LogP contribution in [0, 0.1) is 0 Å². The molecule has 0 heterocycles. The van der Waals surface area contributed by atoms with Crippen molar-refractivity contribution >= 4 is 39.1 Å². The molecule has 2 aromatic rings. The molecular formula is C15H14BrCl2NO. The van der Waals surface area contributed by atoms with E-state index in [9.17, 15) is 0 Å². The summed E-state index contributed by atoms with van der Waals surface area (Å²) < 4.78 is 6.40. The van der Waals surface area contributed by atoms with Gasteiger partial charge in [0.05, 0.1) is 13.2 Å². The van der Waals surface area contributed by atoms with Crippen molar-refractivity contribution in [3.05, 3.63) is 62.0 Å². The third-order valence-electron chi connectivity index (χ3n) is 3.06. The van der Waals surface area contributed by atoms with Crippen LogP contribution in [-0.2, 0) is 0 Å². The van der Waals surface area contributed by atoms with E-state index in [2.05, 4.69) is 21.2 Å². The van der Waals surface area contributed by atoms with Crippen LogP contribution in [0.2, 0.25) is 10.0 Å². The van der Waals surface area contributed by atoms with Crippen molar-refractivity contribution in [1.82, 2.24) is 5.32 Å². The number of hydrogen-bond acceptors (Lipinski definition) is 2. The van der Waals surface area contributed by atoms with Crippen LogP contribution in [-0.4, -0.2) is 14.2 Å². The summed E-state index contributed by atoms with van der Waals surface area (Å²) >= 11 is 15.8. The number of halogens is 3. The Morgan fingerprint density at radius 3 is 2.25 bits per heavy atom. The van der Waals surface area contributed by atoms with Crippen molar-refractivity contribution in [2.75, 3.05) is 14.2 Å². The van der Waals surface area contributed by atoms with Crippen LogP contribution in [0.15, 0.2) is 40.9 Å².